The van der Waals surface area contributed by atoms with Gasteiger partial charge in [0.25, 0.3) is 0 Å². The monoisotopic (exact) mass is 604 g/mol. The lowest BCUT2D eigenvalue weighted by Gasteiger charge is -2.20. The van der Waals surface area contributed by atoms with Crippen LogP contribution in [0.25, 0.3) is 0 Å². The summed E-state index contributed by atoms with van der Waals surface area (Å²) in [5, 5.41) is 21.1. The summed E-state index contributed by atoms with van der Waals surface area (Å²) in [6.07, 6.45) is 13.3. The lowest BCUT2D eigenvalue weighted by molar-refractivity contribution is -0.146. The maximum Gasteiger partial charge on any atom is 0.508 e. The van der Waals surface area contributed by atoms with Gasteiger partial charge in [0.2, 0.25) is 0 Å². The molecule has 0 bridgehead atoms. The first kappa shape index (κ1) is 40.1. The highest BCUT2D eigenvalue weighted by molar-refractivity contribution is 5.69. The molecule has 0 saturated heterocycles. The molecule has 0 aliphatic carbocycles. The topological polar surface area (TPSA) is 144 Å². The van der Waals surface area contributed by atoms with Crippen LogP contribution in [0.5, 0.6) is 0 Å². The first-order valence-corrected chi connectivity index (χ1v) is 16.2. The van der Waals surface area contributed by atoms with Crippen molar-refractivity contribution in [3.05, 3.63) is 0 Å². The van der Waals surface area contributed by atoms with Crippen LogP contribution in [0.3, 0.4) is 0 Å². The molecule has 0 aromatic heterocycles. The second-order valence-electron chi connectivity index (χ2n) is 10.8. The van der Waals surface area contributed by atoms with E-state index in [0.29, 0.717) is 52.0 Å². The zero-order valence-corrected chi connectivity index (χ0v) is 26.5. The zero-order chi connectivity index (χ0) is 31.1. The van der Waals surface area contributed by atoms with Crippen molar-refractivity contribution < 1.29 is 43.5 Å². The SMILES string of the molecule is CCCCCCCCOC(=O)CCCCCCCCC(=O)OCC(CNC)COC(=O)OCCCN(CCO)CCO. The minimum atomic E-state index is -0.775. The smallest absolute Gasteiger partial charge is 0.466 e. The van der Waals surface area contributed by atoms with Crippen LogP contribution in [0.15, 0.2) is 0 Å². The second kappa shape index (κ2) is 30.5. The highest BCUT2D eigenvalue weighted by Crippen LogP contribution is 2.11. The van der Waals surface area contributed by atoms with Crippen LogP contribution in [0.1, 0.15) is 103 Å². The molecular formula is C31H60N2O9. The molecule has 3 N–H and O–H groups in total. The average molecular weight is 605 g/mol. The number of nitrogens with one attached hydrogen (secondary N) is 1. The van der Waals surface area contributed by atoms with Gasteiger partial charge in [0.05, 0.1) is 33.0 Å². The highest BCUT2D eigenvalue weighted by atomic mass is 16.7. The standard InChI is InChI=1S/C31H60N2O9/c1-3-4-5-6-11-14-23-39-29(36)16-12-9-7-8-10-13-17-30(37)41-26-28(25-32-2)27-42-31(38)40-24-15-18-33(19-21-34)20-22-35/h28,32,34-35H,3-27H2,1-2H3. The summed E-state index contributed by atoms with van der Waals surface area (Å²) in [5.41, 5.74) is 0. The Labute approximate surface area is 254 Å². The molecule has 11 nitrogen and oxygen atoms in total. The average Bonchev–Trinajstić information content (AvgIpc) is 2.97. The molecule has 0 spiro atoms. The minimum Gasteiger partial charge on any atom is -0.466 e. The van der Waals surface area contributed by atoms with Gasteiger partial charge in [0.15, 0.2) is 0 Å². The first-order chi connectivity index (χ1) is 20.5. The van der Waals surface area contributed by atoms with Crippen LogP contribution in [0.2, 0.25) is 0 Å². The predicted octanol–water partition coefficient (Wildman–Crippen LogP) is 4.22. The normalized spacial score (nSPS) is 11.8. The van der Waals surface area contributed by atoms with Crippen LogP contribution in [-0.4, -0.2) is 106 Å². The van der Waals surface area contributed by atoms with E-state index >= 15 is 0 Å². The molecule has 0 aliphatic rings. The molecule has 0 radical (unpaired) electrons. The van der Waals surface area contributed by atoms with Crippen LogP contribution < -0.4 is 5.32 Å². The molecule has 1 unspecified atom stereocenters. The molecule has 0 rings (SSSR count). The molecule has 0 saturated carbocycles. The van der Waals surface area contributed by atoms with Gasteiger partial charge in [-0.25, -0.2) is 4.79 Å². The number of unbranched alkanes of at least 4 members (excludes halogenated alkanes) is 10. The van der Waals surface area contributed by atoms with Crippen molar-refractivity contribution in [1.29, 1.82) is 0 Å². The largest absolute Gasteiger partial charge is 0.508 e. The number of carbonyl (C=O) groups is 3. The maximum atomic E-state index is 12.1. The molecule has 0 fully saturated rings. The van der Waals surface area contributed by atoms with Crippen LogP contribution >= 0.6 is 0 Å². The van der Waals surface area contributed by atoms with E-state index in [-0.39, 0.29) is 50.9 Å². The first-order valence-electron chi connectivity index (χ1n) is 16.2. The minimum absolute atomic E-state index is 0.000387. The lowest BCUT2D eigenvalue weighted by Crippen LogP contribution is -2.31. The van der Waals surface area contributed by atoms with E-state index in [2.05, 4.69) is 12.2 Å². The number of nitrogens with zero attached hydrogens (tertiary/aromatic N) is 1. The number of hydrogen-bond donors (Lipinski definition) is 3. The van der Waals surface area contributed by atoms with Gasteiger partial charge in [0.1, 0.15) is 6.61 Å². The Balaban J connectivity index is 3.79. The van der Waals surface area contributed by atoms with E-state index in [1.807, 2.05) is 4.90 Å². The number of esters is 2. The molecule has 0 aromatic carbocycles. The number of rotatable bonds is 30. The summed E-state index contributed by atoms with van der Waals surface area (Å²) in [4.78, 5) is 37.7. The van der Waals surface area contributed by atoms with Gasteiger partial charge in [-0.1, -0.05) is 64.7 Å². The van der Waals surface area contributed by atoms with Crippen molar-refractivity contribution in [3.63, 3.8) is 0 Å². The van der Waals surface area contributed by atoms with Crippen molar-refractivity contribution in [2.45, 2.75) is 103 Å². The van der Waals surface area contributed by atoms with Crippen molar-refractivity contribution in [1.82, 2.24) is 10.2 Å². The van der Waals surface area contributed by atoms with Crippen LogP contribution in [-0.2, 0) is 28.5 Å². The number of hydrogen-bond acceptors (Lipinski definition) is 11. The lowest BCUT2D eigenvalue weighted by atomic mass is 10.1. The molecule has 1 atom stereocenters. The number of ether oxygens (including phenoxy) is 4. The van der Waals surface area contributed by atoms with Gasteiger partial charge in [-0.15, -0.1) is 0 Å². The van der Waals surface area contributed by atoms with E-state index < -0.39 is 6.16 Å². The molecule has 0 heterocycles. The number of carbonyl (C=O) groups excluding carboxylic acids is 3. The van der Waals surface area contributed by atoms with Crippen LogP contribution in [0.4, 0.5) is 4.79 Å². The van der Waals surface area contributed by atoms with Gasteiger partial charge in [-0.3, -0.25) is 14.5 Å². The Morgan fingerprint density at radius 2 is 1.17 bits per heavy atom. The van der Waals surface area contributed by atoms with E-state index in [0.717, 1.165) is 51.4 Å². The van der Waals surface area contributed by atoms with Gasteiger partial charge in [0, 0.05) is 44.9 Å². The predicted molar refractivity (Wildman–Crippen MR) is 162 cm³/mol. The number of aliphatic hydroxyl groups excluding tert-OH is 2. The van der Waals surface area contributed by atoms with Crippen molar-refractivity contribution in [2.75, 3.05) is 72.9 Å². The van der Waals surface area contributed by atoms with Crippen molar-refractivity contribution in [3.8, 4) is 0 Å². The fraction of sp³-hybridized carbons (Fsp3) is 0.903. The Hall–Kier alpha value is -1.95. The molecule has 0 amide bonds. The zero-order valence-electron chi connectivity index (χ0n) is 26.5. The quantitative estimate of drug-likeness (QED) is 0.0616. The molecule has 42 heavy (non-hydrogen) atoms. The molecular weight excluding hydrogens is 544 g/mol. The Kier molecular flexibility index (Phi) is 29.1. The summed E-state index contributed by atoms with van der Waals surface area (Å²) in [5.74, 6) is -0.544. The molecule has 248 valence electrons. The summed E-state index contributed by atoms with van der Waals surface area (Å²) in [7, 11) is 1.77. The third kappa shape index (κ3) is 26.9. The molecule has 0 aromatic rings. The van der Waals surface area contributed by atoms with E-state index in [1.54, 1.807) is 7.05 Å². The van der Waals surface area contributed by atoms with Gasteiger partial charge >= 0.3 is 18.1 Å². The summed E-state index contributed by atoms with van der Waals surface area (Å²) >= 11 is 0. The van der Waals surface area contributed by atoms with Crippen molar-refractivity contribution >= 4 is 18.1 Å². The summed E-state index contributed by atoms with van der Waals surface area (Å²) < 4.78 is 21.0. The number of aliphatic hydroxyl groups is 2. The fourth-order valence-corrected chi connectivity index (χ4v) is 4.41. The van der Waals surface area contributed by atoms with E-state index in [4.69, 9.17) is 29.2 Å². The third-order valence-electron chi connectivity index (χ3n) is 6.85. The maximum absolute atomic E-state index is 12.1. The summed E-state index contributed by atoms with van der Waals surface area (Å²) in [6, 6.07) is 0. The van der Waals surface area contributed by atoms with Crippen LogP contribution in [0, 0.1) is 5.92 Å². The third-order valence-corrected chi connectivity index (χ3v) is 6.85. The van der Waals surface area contributed by atoms with E-state index in [9.17, 15) is 14.4 Å². The molecule has 11 heteroatoms. The Morgan fingerprint density at radius 3 is 1.76 bits per heavy atom. The Bertz CT molecular complexity index is 646. The highest BCUT2D eigenvalue weighted by Gasteiger charge is 2.15. The Morgan fingerprint density at radius 1 is 0.643 bits per heavy atom. The fourth-order valence-electron chi connectivity index (χ4n) is 4.41. The second-order valence-corrected chi connectivity index (χ2v) is 10.8. The summed E-state index contributed by atoms with van der Waals surface area (Å²) in [6.45, 7) is 5.14. The van der Waals surface area contributed by atoms with Gasteiger partial charge in [-0.2, -0.15) is 0 Å². The van der Waals surface area contributed by atoms with E-state index in [1.165, 1.54) is 25.7 Å². The molecule has 0 aliphatic heterocycles. The van der Waals surface area contributed by atoms with Gasteiger partial charge < -0.3 is 34.5 Å². The van der Waals surface area contributed by atoms with Crippen molar-refractivity contribution in [2.24, 2.45) is 5.92 Å². The van der Waals surface area contributed by atoms with Gasteiger partial charge in [-0.05, 0) is 32.7 Å².